The fraction of sp³-hybridized carbons (Fsp3) is 0.0417. The van der Waals surface area contributed by atoms with E-state index in [0.717, 1.165) is 32.2 Å². The summed E-state index contributed by atoms with van der Waals surface area (Å²) in [5.41, 5.74) is 3.43. The first-order valence-electron chi connectivity index (χ1n) is 9.14. The molecule has 1 amide bonds. The summed E-state index contributed by atoms with van der Waals surface area (Å²) in [5, 5.41) is 5.82. The monoisotopic (exact) mass is 428 g/mol. The summed E-state index contributed by atoms with van der Waals surface area (Å²) in [6, 6.07) is 30.1. The van der Waals surface area contributed by atoms with Gasteiger partial charge in [0, 0.05) is 15.8 Å². The maximum Gasteiger partial charge on any atom is 0.262 e. The van der Waals surface area contributed by atoms with Crippen molar-refractivity contribution in [3.8, 4) is 0 Å². The molecular weight excluding hydrogens is 412 g/mol. The van der Waals surface area contributed by atoms with Crippen molar-refractivity contribution >= 4 is 44.0 Å². The number of nitrogens with zero attached hydrogens (tertiary/aromatic N) is 1. The predicted octanol–water partition coefficient (Wildman–Crippen LogP) is 6.37. The largest absolute Gasteiger partial charge is 0.360 e. The Morgan fingerprint density at radius 3 is 2.43 bits per heavy atom. The number of nitrogens with one attached hydrogen (secondary N) is 1. The number of fused-ring (bicyclic) bond motifs is 2. The van der Waals surface area contributed by atoms with Crippen molar-refractivity contribution in [2.24, 2.45) is 0 Å². The molecule has 0 radical (unpaired) electrons. The van der Waals surface area contributed by atoms with E-state index in [1.165, 1.54) is 0 Å². The molecule has 1 aliphatic heterocycles. The second-order valence-corrected chi connectivity index (χ2v) is 7.77. The highest BCUT2D eigenvalue weighted by Crippen LogP contribution is 2.38. The van der Waals surface area contributed by atoms with Crippen LogP contribution in [0.4, 0.5) is 11.4 Å². The number of halogens is 1. The third-order valence-electron chi connectivity index (χ3n) is 5.10. The fourth-order valence-electron chi connectivity index (χ4n) is 3.76. The molecule has 136 valence electrons. The highest BCUT2D eigenvalue weighted by molar-refractivity contribution is 9.10. The average molecular weight is 429 g/mol. The van der Waals surface area contributed by atoms with Gasteiger partial charge in [-0.1, -0.05) is 70.5 Å². The van der Waals surface area contributed by atoms with Crippen LogP contribution in [0, 0.1) is 0 Å². The quantitative estimate of drug-likeness (QED) is 0.401. The van der Waals surface area contributed by atoms with Gasteiger partial charge in [0.2, 0.25) is 0 Å². The minimum absolute atomic E-state index is 0.00499. The number of hydrogen-bond acceptors (Lipinski definition) is 2. The van der Waals surface area contributed by atoms with Crippen molar-refractivity contribution in [3.63, 3.8) is 0 Å². The summed E-state index contributed by atoms with van der Waals surface area (Å²) >= 11 is 3.55. The lowest BCUT2D eigenvalue weighted by atomic mass is 10.0. The van der Waals surface area contributed by atoms with Crippen LogP contribution in [0.1, 0.15) is 22.1 Å². The van der Waals surface area contributed by atoms with Gasteiger partial charge in [0.05, 0.1) is 5.56 Å². The number of anilines is 2. The Balaban J connectivity index is 1.69. The summed E-state index contributed by atoms with van der Waals surface area (Å²) in [7, 11) is 0. The Kier molecular flexibility index (Phi) is 4.14. The van der Waals surface area contributed by atoms with Crippen molar-refractivity contribution in [2.45, 2.75) is 6.17 Å². The van der Waals surface area contributed by atoms with Crippen LogP contribution in [-0.2, 0) is 0 Å². The molecule has 1 aliphatic rings. The summed E-state index contributed by atoms with van der Waals surface area (Å²) in [4.78, 5) is 15.3. The molecule has 0 unspecified atom stereocenters. The molecule has 1 N–H and O–H groups in total. The van der Waals surface area contributed by atoms with Crippen LogP contribution in [0.3, 0.4) is 0 Å². The Morgan fingerprint density at radius 1 is 0.786 bits per heavy atom. The van der Waals surface area contributed by atoms with Crippen LogP contribution in [0.2, 0.25) is 0 Å². The van der Waals surface area contributed by atoms with Crippen molar-refractivity contribution in [1.82, 2.24) is 0 Å². The van der Waals surface area contributed by atoms with Crippen LogP contribution >= 0.6 is 15.9 Å². The van der Waals surface area contributed by atoms with E-state index in [1.807, 2.05) is 71.6 Å². The molecule has 0 spiro atoms. The minimum Gasteiger partial charge on any atom is -0.360 e. The molecule has 4 aromatic carbocycles. The van der Waals surface area contributed by atoms with Gasteiger partial charge in [-0.25, -0.2) is 0 Å². The first kappa shape index (κ1) is 17.0. The highest BCUT2D eigenvalue weighted by Gasteiger charge is 2.34. The number of carbonyl (C=O) groups is 1. The maximum atomic E-state index is 13.5. The van der Waals surface area contributed by atoms with Gasteiger partial charge in [-0.2, -0.15) is 0 Å². The van der Waals surface area contributed by atoms with E-state index in [-0.39, 0.29) is 12.1 Å². The van der Waals surface area contributed by atoms with Crippen LogP contribution in [0.25, 0.3) is 10.8 Å². The van der Waals surface area contributed by atoms with Gasteiger partial charge in [-0.05, 0) is 52.7 Å². The van der Waals surface area contributed by atoms with Gasteiger partial charge in [0.1, 0.15) is 6.17 Å². The molecule has 0 saturated heterocycles. The van der Waals surface area contributed by atoms with E-state index in [4.69, 9.17) is 0 Å². The van der Waals surface area contributed by atoms with Crippen LogP contribution in [0.5, 0.6) is 0 Å². The number of amides is 1. The molecule has 0 saturated carbocycles. The molecule has 4 aromatic rings. The van der Waals surface area contributed by atoms with Crippen molar-refractivity contribution < 1.29 is 4.79 Å². The van der Waals surface area contributed by atoms with Gasteiger partial charge in [0.15, 0.2) is 0 Å². The predicted molar refractivity (Wildman–Crippen MR) is 118 cm³/mol. The van der Waals surface area contributed by atoms with Crippen molar-refractivity contribution in [2.75, 3.05) is 10.2 Å². The Hall–Kier alpha value is -3.11. The van der Waals surface area contributed by atoms with E-state index < -0.39 is 0 Å². The number of rotatable bonds is 2. The fourth-order valence-corrected chi connectivity index (χ4v) is 4.17. The Morgan fingerprint density at radius 2 is 1.57 bits per heavy atom. The molecule has 0 aromatic heterocycles. The zero-order chi connectivity index (χ0) is 19.1. The van der Waals surface area contributed by atoms with E-state index in [9.17, 15) is 4.79 Å². The lowest BCUT2D eigenvalue weighted by Crippen LogP contribution is -2.43. The zero-order valence-corrected chi connectivity index (χ0v) is 16.6. The topological polar surface area (TPSA) is 32.3 Å². The van der Waals surface area contributed by atoms with E-state index >= 15 is 0 Å². The number of benzene rings is 4. The van der Waals surface area contributed by atoms with Crippen molar-refractivity contribution in [3.05, 3.63) is 107 Å². The first-order valence-corrected chi connectivity index (χ1v) is 9.93. The molecular formula is C24H17BrN2O. The number of carbonyl (C=O) groups excluding carboxylic acids is 1. The SMILES string of the molecule is O=C1c2ccccc2N[C@H](c2cccc(Br)c2)N1c1ccc2ccccc2c1. The molecule has 0 aliphatic carbocycles. The lowest BCUT2D eigenvalue weighted by Gasteiger charge is -2.38. The maximum absolute atomic E-state index is 13.5. The van der Waals surface area contributed by atoms with Crippen LogP contribution in [-0.4, -0.2) is 5.91 Å². The Labute approximate surface area is 171 Å². The van der Waals surface area contributed by atoms with Gasteiger partial charge < -0.3 is 5.32 Å². The smallest absolute Gasteiger partial charge is 0.262 e. The summed E-state index contributed by atoms with van der Waals surface area (Å²) < 4.78 is 0.983. The highest BCUT2D eigenvalue weighted by atomic mass is 79.9. The molecule has 4 heteroatoms. The number of para-hydroxylation sites is 1. The molecule has 0 fully saturated rings. The third kappa shape index (κ3) is 2.86. The Bertz CT molecular complexity index is 1200. The van der Waals surface area contributed by atoms with Gasteiger partial charge in [-0.15, -0.1) is 0 Å². The molecule has 5 rings (SSSR count). The molecule has 1 atom stereocenters. The lowest BCUT2D eigenvalue weighted by molar-refractivity contribution is 0.0975. The van der Waals surface area contributed by atoms with E-state index in [2.05, 4.69) is 45.5 Å². The summed E-state index contributed by atoms with van der Waals surface area (Å²) in [6.45, 7) is 0. The zero-order valence-electron chi connectivity index (χ0n) is 15.0. The molecule has 28 heavy (non-hydrogen) atoms. The molecule has 1 heterocycles. The molecule has 0 bridgehead atoms. The van der Waals surface area contributed by atoms with Crippen molar-refractivity contribution in [1.29, 1.82) is 0 Å². The van der Waals surface area contributed by atoms with Crippen LogP contribution < -0.4 is 10.2 Å². The molecule has 3 nitrogen and oxygen atoms in total. The second-order valence-electron chi connectivity index (χ2n) is 6.85. The van der Waals surface area contributed by atoms with Gasteiger partial charge in [-0.3, -0.25) is 9.69 Å². The van der Waals surface area contributed by atoms with E-state index in [0.29, 0.717) is 5.56 Å². The summed E-state index contributed by atoms with van der Waals surface area (Å²) in [5.74, 6) is -0.00499. The number of hydrogen-bond donors (Lipinski definition) is 1. The normalized spacial score (nSPS) is 16.0. The standard InChI is InChI=1S/C24H17BrN2O/c25-19-9-5-8-18(14-19)23-26-22-11-4-3-10-21(22)24(28)27(23)20-13-12-16-6-1-2-7-17(16)15-20/h1-15,23,26H/t23-/m0/s1. The average Bonchev–Trinajstić information content (AvgIpc) is 2.73. The summed E-state index contributed by atoms with van der Waals surface area (Å²) in [6.07, 6.45) is -0.291. The van der Waals surface area contributed by atoms with E-state index in [1.54, 1.807) is 0 Å². The van der Waals surface area contributed by atoms with Gasteiger partial charge >= 0.3 is 0 Å². The second kappa shape index (κ2) is 6.80. The third-order valence-corrected chi connectivity index (χ3v) is 5.60. The minimum atomic E-state index is -0.291. The van der Waals surface area contributed by atoms with Gasteiger partial charge in [0.25, 0.3) is 5.91 Å². The first-order chi connectivity index (χ1) is 13.7. The van der Waals surface area contributed by atoms with Crippen LogP contribution in [0.15, 0.2) is 95.5 Å².